The minimum absolute atomic E-state index is 0.00821. The summed E-state index contributed by atoms with van der Waals surface area (Å²) in [5.74, 6) is 0.00821. The predicted molar refractivity (Wildman–Crippen MR) is 91.9 cm³/mol. The van der Waals surface area contributed by atoms with Gasteiger partial charge in [0.05, 0.1) is 11.6 Å². The number of carbonyl (C=O) groups excluding carboxylic acids is 1. The normalized spacial score (nSPS) is 17.3. The lowest BCUT2D eigenvalue weighted by Gasteiger charge is -2.25. The van der Waals surface area contributed by atoms with Gasteiger partial charge in [-0.2, -0.15) is 0 Å². The molecule has 4 nitrogen and oxygen atoms in total. The van der Waals surface area contributed by atoms with Crippen molar-refractivity contribution in [2.45, 2.75) is 32.3 Å². The first-order chi connectivity index (χ1) is 11.2. The molecule has 2 heterocycles. The molecule has 5 heteroatoms. The molecule has 1 aliphatic heterocycles. The second-order valence-electron chi connectivity index (χ2n) is 6.00. The monoisotopic (exact) mass is 330 g/mol. The first-order valence-corrected chi connectivity index (χ1v) is 9.01. The zero-order valence-electron chi connectivity index (χ0n) is 13.4. The molecule has 1 saturated heterocycles. The van der Waals surface area contributed by atoms with Crippen LogP contribution in [0.2, 0.25) is 0 Å². The first kappa shape index (κ1) is 16.1. The SMILES string of the molecule is Cc1ccc(CCN(C[C@@H]2CCCO2)C(=O)c2cscn2)cc1. The van der Waals surface area contributed by atoms with E-state index in [1.54, 1.807) is 5.51 Å². The Labute approximate surface area is 141 Å². The summed E-state index contributed by atoms with van der Waals surface area (Å²) in [4.78, 5) is 18.7. The summed E-state index contributed by atoms with van der Waals surface area (Å²) in [6.45, 7) is 4.24. The van der Waals surface area contributed by atoms with Crippen molar-refractivity contribution in [3.63, 3.8) is 0 Å². The van der Waals surface area contributed by atoms with Crippen molar-refractivity contribution < 1.29 is 9.53 Å². The average Bonchev–Trinajstić information content (AvgIpc) is 3.26. The molecule has 1 amide bonds. The number of nitrogens with zero attached hydrogens (tertiary/aromatic N) is 2. The first-order valence-electron chi connectivity index (χ1n) is 8.07. The van der Waals surface area contributed by atoms with Crippen molar-refractivity contribution in [3.8, 4) is 0 Å². The highest BCUT2D eigenvalue weighted by atomic mass is 32.1. The lowest BCUT2D eigenvalue weighted by molar-refractivity contribution is 0.0525. The third kappa shape index (κ3) is 4.39. The Hall–Kier alpha value is -1.72. The number of aromatic nitrogens is 1. The third-order valence-electron chi connectivity index (χ3n) is 4.18. The van der Waals surface area contributed by atoms with Crippen molar-refractivity contribution in [2.75, 3.05) is 19.7 Å². The largest absolute Gasteiger partial charge is 0.376 e. The van der Waals surface area contributed by atoms with E-state index in [9.17, 15) is 4.79 Å². The van der Waals surface area contributed by atoms with E-state index in [2.05, 4.69) is 36.2 Å². The number of aryl methyl sites for hydroxylation is 1. The molecule has 0 N–H and O–H groups in total. The van der Waals surface area contributed by atoms with Crippen molar-refractivity contribution >= 4 is 17.2 Å². The molecule has 1 fully saturated rings. The van der Waals surface area contributed by atoms with E-state index in [1.165, 1.54) is 22.5 Å². The summed E-state index contributed by atoms with van der Waals surface area (Å²) < 4.78 is 5.71. The van der Waals surface area contributed by atoms with Crippen molar-refractivity contribution in [1.29, 1.82) is 0 Å². The van der Waals surface area contributed by atoms with Crippen LogP contribution in [0.1, 0.15) is 34.5 Å². The van der Waals surface area contributed by atoms with E-state index in [0.29, 0.717) is 18.8 Å². The molecule has 0 bridgehead atoms. The second-order valence-corrected chi connectivity index (χ2v) is 6.71. The van der Waals surface area contributed by atoms with Crippen LogP contribution in [0.4, 0.5) is 0 Å². The standard InChI is InChI=1S/C18H22N2O2S/c1-14-4-6-15(7-5-14)8-9-20(11-16-3-2-10-22-16)18(21)17-12-23-13-19-17/h4-7,12-13,16H,2-3,8-11H2,1H3/t16-/m0/s1. The molecule has 1 aromatic carbocycles. The fraction of sp³-hybridized carbons (Fsp3) is 0.444. The number of amides is 1. The molecule has 2 aromatic rings. The summed E-state index contributed by atoms with van der Waals surface area (Å²) in [6.07, 6.45) is 3.13. The van der Waals surface area contributed by atoms with Crippen LogP contribution in [0, 0.1) is 6.92 Å². The Morgan fingerprint density at radius 3 is 2.87 bits per heavy atom. The number of benzene rings is 1. The Morgan fingerprint density at radius 2 is 2.22 bits per heavy atom. The molecule has 23 heavy (non-hydrogen) atoms. The van der Waals surface area contributed by atoms with E-state index >= 15 is 0 Å². The average molecular weight is 330 g/mol. The van der Waals surface area contributed by atoms with Gasteiger partial charge in [0, 0.05) is 25.1 Å². The van der Waals surface area contributed by atoms with Gasteiger partial charge in [0.2, 0.25) is 0 Å². The molecular formula is C18H22N2O2S. The number of hydrogen-bond donors (Lipinski definition) is 0. The Bertz CT molecular complexity index is 619. The van der Waals surface area contributed by atoms with E-state index in [0.717, 1.165) is 25.9 Å². The third-order valence-corrected chi connectivity index (χ3v) is 4.76. The van der Waals surface area contributed by atoms with Crippen LogP contribution in [0.5, 0.6) is 0 Å². The van der Waals surface area contributed by atoms with Gasteiger partial charge in [-0.25, -0.2) is 4.98 Å². The molecule has 0 radical (unpaired) electrons. The fourth-order valence-corrected chi connectivity index (χ4v) is 3.33. The summed E-state index contributed by atoms with van der Waals surface area (Å²) in [5.41, 5.74) is 4.75. The zero-order valence-corrected chi connectivity index (χ0v) is 14.2. The maximum atomic E-state index is 12.7. The van der Waals surface area contributed by atoms with Gasteiger partial charge in [0.1, 0.15) is 5.69 Å². The summed E-state index contributed by atoms with van der Waals surface area (Å²) >= 11 is 1.45. The summed E-state index contributed by atoms with van der Waals surface area (Å²) in [6, 6.07) is 8.49. The van der Waals surface area contributed by atoms with Gasteiger partial charge in [0.15, 0.2) is 0 Å². The van der Waals surface area contributed by atoms with E-state index < -0.39 is 0 Å². The van der Waals surface area contributed by atoms with Gasteiger partial charge in [-0.1, -0.05) is 29.8 Å². The molecule has 1 atom stereocenters. The van der Waals surface area contributed by atoms with Crippen molar-refractivity contribution in [2.24, 2.45) is 0 Å². The Balaban J connectivity index is 1.66. The number of carbonyl (C=O) groups is 1. The Morgan fingerprint density at radius 1 is 1.39 bits per heavy atom. The lowest BCUT2D eigenvalue weighted by atomic mass is 10.1. The minimum Gasteiger partial charge on any atom is -0.376 e. The van der Waals surface area contributed by atoms with E-state index in [-0.39, 0.29) is 12.0 Å². The number of thiazole rings is 1. The maximum Gasteiger partial charge on any atom is 0.273 e. The highest BCUT2D eigenvalue weighted by molar-refractivity contribution is 7.07. The maximum absolute atomic E-state index is 12.7. The second kappa shape index (κ2) is 7.70. The van der Waals surface area contributed by atoms with Gasteiger partial charge in [0.25, 0.3) is 5.91 Å². The van der Waals surface area contributed by atoms with Gasteiger partial charge >= 0.3 is 0 Å². The van der Waals surface area contributed by atoms with Crippen LogP contribution in [-0.4, -0.2) is 41.6 Å². The highest BCUT2D eigenvalue weighted by Gasteiger charge is 2.24. The Kier molecular flexibility index (Phi) is 5.41. The lowest BCUT2D eigenvalue weighted by Crippen LogP contribution is -2.39. The molecule has 0 unspecified atom stereocenters. The summed E-state index contributed by atoms with van der Waals surface area (Å²) in [5, 5.41) is 1.82. The van der Waals surface area contributed by atoms with Crippen molar-refractivity contribution in [1.82, 2.24) is 9.88 Å². The zero-order chi connectivity index (χ0) is 16.1. The van der Waals surface area contributed by atoms with Gasteiger partial charge in [-0.15, -0.1) is 11.3 Å². The van der Waals surface area contributed by atoms with Crippen LogP contribution < -0.4 is 0 Å². The van der Waals surface area contributed by atoms with Crippen LogP contribution in [0.25, 0.3) is 0 Å². The molecule has 0 saturated carbocycles. The van der Waals surface area contributed by atoms with Crippen molar-refractivity contribution in [3.05, 3.63) is 52.0 Å². The molecule has 1 aliphatic rings. The van der Waals surface area contributed by atoms with E-state index in [1.807, 2.05) is 10.3 Å². The number of ether oxygens (including phenoxy) is 1. The van der Waals surface area contributed by atoms with E-state index in [4.69, 9.17) is 4.74 Å². The van der Waals surface area contributed by atoms with Gasteiger partial charge in [-0.05, 0) is 31.7 Å². The van der Waals surface area contributed by atoms with Gasteiger partial charge < -0.3 is 9.64 Å². The highest BCUT2D eigenvalue weighted by Crippen LogP contribution is 2.16. The van der Waals surface area contributed by atoms with Crippen LogP contribution in [0.15, 0.2) is 35.2 Å². The smallest absolute Gasteiger partial charge is 0.273 e. The molecule has 0 aliphatic carbocycles. The quantitative estimate of drug-likeness (QED) is 0.816. The number of hydrogen-bond acceptors (Lipinski definition) is 4. The molecular weight excluding hydrogens is 308 g/mol. The van der Waals surface area contributed by atoms with Crippen LogP contribution in [-0.2, 0) is 11.2 Å². The molecule has 0 spiro atoms. The predicted octanol–water partition coefficient (Wildman–Crippen LogP) is 3.32. The minimum atomic E-state index is 0.00821. The molecule has 3 rings (SSSR count). The van der Waals surface area contributed by atoms with Crippen LogP contribution >= 0.6 is 11.3 Å². The molecule has 122 valence electrons. The van der Waals surface area contributed by atoms with Crippen LogP contribution in [0.3, 0.4) is 0 Å². The number of rotatable bonds is 6. The molecule has 1 aromatic heterocycles. The van der Waals surface area contributed by atoms with Gasteiger partial charge in [-0.3, -0.25) is 4.79 Å². The summed E-state index contributed by atoms with van der Waals surface area (Å²) in [7, 11) is 0. The fourth-order valence-electron chi connectivity index (χ4n) is 2.81. The topological polar surface area (TPSA) is 42.4 Å².